The Kier molecular flexibility index (Phi) is 4.92. The molecular formula is C11H18N2O2S. The predicted octanol–water partition coefficient (Wildman–Crippen LogP) is 1.49. The number of carboxylic acids is 1. The Bertz CT molecular complexity index is 350. The van der Waals surface area contributed by atoms with Crippen LogP contribution in [0, 0.1) is 0 Å². The maximum Gasteiger partial charge on any atom is 0.345 e. The fourth-order valence-corrected chi connectivity index (χ4v) is 1.99. The maximum atomic E-state index is 10.7. The first kappa shape index (κ1) is 13.2. The van der Waals surface area contributed by atoms with E-state index >= 15 is 0 Å². The number of hydrogen-bond acceptors (Lipinski definition) is 4. The number of rotatable bonds is 6. The van der Waals surface area contributed by atoms with Crippen LogP contribution in [0.25, 0.3) is 0 Å². The number of thiophene rings is 1. The Morgan fingerprint density at radius 3 is 2.75 bits per heavy atom. The van der Waals surface area contributed by atoms with Gasteiger partial charge in [-0.15, -0.1) is 11.3 Å². The molecule has 1 heterocycles. The zero-order valence-electron chi connectivity index (χ0n) is 9.86. The van der Waals surface area contributed by atoms with E-state index in [0.29, 0.717) is 10.9 Å². The minimum absolute atomic E-state index is 0.400. The monoisotopic (exact) mass is 242 g/mol. The van der Waals surface area contributed by atoms with E-state index in [1.54, 1.807) is 6.07 Å². The normalized spacial score (nSPS) is 13.0. The van der Waals surface area contributed by atoms with Gasteiger partial charge in [0.05, 0.1) is 0 Å². The van der Waals surface area contributed by atoms with Crippen molar-refractivity contribution in [3.63, 3.8) is 0 Å². The molecule has 16 heavy (non-hydrogen) atoms. The standard InChI is InChI=1S/C11H18N2O2S/c1-8(13(2)3)6-12-7-9-4-5-10(16-9)11(14)15/h4-5,8,12H,6-7H2,1-3H3,(H,14,15). The molecule has 0 aromatic carbocycles. The molecule has 0 aliphatic heterocycles. The lowest BCUT2D eigenvalue weighted by atomic mass is 10.3. The van der Waals surface area contributed by atoms with Crippen molar-refractivity contribution >= 4 is 17.3 Å². The number of hydrogen-bond donors (Lipinski definition) is 2. The largest absolute Gasteiger partial charge is 0.477 e. The van der Waals surface area contributed by atoms with E-state index in [-0.39, 0.29) is 0 Å². The number of aromatic carboxylic acids is 1. The summed E-state index contributed by atoms with van der Waals surface area (Å²) in [6.07, 6.45) is 0. The van der Waals surface area contributed by atoms with Crippen LogP contribution in [0.3, 0.4) is 0 Å². The SMILES string of the molecule is CC(CNCc1ccc(C(=O)O)s1)N(C)C. The third-order valence-corrected chi connectivity index (χ3v) is 3.57. The van der Waals surface area contributed by atoms with Crippen molar-refractivity contribution < 1.29 is 9.90 Å². The van der Waals surface area contributed by atoms with Crippen molar-refractivity contribution in [3.8, 4) is 0 Å². The second kappa shape index (κ2) is 5.98. The summed E-state index contributed by atoms with van der Waals surface area (Å²) in [4.78, 5) is 14.3. The van der Waals surface area contributed by atoms with Gasteiger partial charge in [0.2, 0.25) is 0 Å². The topological polar surface area (TPSA) is 52.6 Å². The summed E-state index contributed by atoms with van der Waals surface area (Å²) in [7, 11) is 4.08. The van der Waals surface area contributed by atoms with Gasteiger partial charge in [0.15, 0.2) is 0 Å². The molecule has 0 saturated heterocycles. The lowest BCUT2D eigenvalue weighted by molar-refractivity contribution is 0.0702. The smallest absolute Gasteiger partial charge is 0.345 e. The number of carbonyl (C=O) groups is 1. The van der Waals surface area contributed by atoms with E-state index in [0.717, 1.165) is 18.0 Å². The molecule has 90 valence electrons. The van der Waals surface area contributed by atoms with Crippen LogP contribution in [0.4, 0.5) is 0 Å². The number of likely N-dealkylation sites (N-methyl/N-ethyl adjacent to an activating group) is 1. The summed E-state index contributed by atoms with van der Waals surface area (Å²) >= 11 is 1.33. The molecule has 1 aromatic heterocycles. The quantitative estimate of drug-likeness (QED) is 0.793. The van der Waals surface area contributed by atoms with Crippen LogP contribution in [0.15, 0.2) is 12.1 Å². The Morgan fingerprint density at radius 1 is 1.56 bits per heavy atom. The zero-order chi connectivity index (χ0) is 12.1. The molecule has 4 nitrogen and oxygen atoms in total. The van der Waals surface area contributed by atoms with Gasteiger partial charge in [-0.25, -0.2) is 4.79 Å². The molecule has 0 aliphatic rings. The molecule has 0 radical (unpaired) electrons. The minimum atomic E-state index is -0.849. The van der Waals surface area contributed by atoms with Crippen molar-refractivity contribution in [2.24, 2.45) is 0 Å². The Hall–Kier alpha value is -0.910. The summed E-state index contributed by atoms with van der Waals surface area (Å²) < 4.78 is 0. The molecule has 1 atom stereocenters. The maximum absolute atomic E-state index is 10.7. The number of nitrogens with zero attached hydrogens (tertiary/aromatic N) is 1. The van der Waals surface area contributed by atoms with Crippen LogP contribution < -0.4 is 5.32 Å². The van der Waals surface area contributed by atoms with Gasteiger partial charge in [0.1, 0.15) is 4.88 Å². The molecule has 1 unspecified atom stereocenters. The van der Waals surface area contributed by atoms with E-state index < -0.39 is 5.97 Å². The molecule has 0 bridgehead atoms. The van der Waals surface area contributed by atoms with Crippen LogP contribution in [0.1, 0.15) is 21.5 Å². The van der Waals surface area contributed by atoms with E-state index in [1.807, 2.05) is 20.2 Å². The van der Waals surface area contributed by atoms with Gasteiger partial charge in [0.25, 0.3) is 0 Å². The second-order valence-electron chi connectivity index (χ2n) is 4.01. The molecule has 0 saturated carbocycles. The molecule has 5 heteroatoms. The van der Waals surface area contributed by atoms with Crippen molar-refractivity contribution in [1.29, 1.82) is 0 Å². The van der Waals surface area contributed by atoms with Gasteiger partial charge in [-0.1, -0.05) is 0 Å². The average Bonchev–Trinajstić information content (AvgIpc) is 2.66. The first-order valence-electron chi connectivity index (χ1n) is 5.20. The van der Waals surface area contributed by atoms with Gasteiger partial charge in [-0.3, -0.25) is 0 Å². The van der Waals surface area contributed by atoms with E-state index in [2.05, 4.69) is 17.1 Å². The minimum Gasteiger partial charge on any atom is -0.477 e. The summed E-state index contributed by atoms with van der Waals surface area (Å²) in [5.41, 5.74) is 0. The lowest BCUT2D eigenvalue weighted by Crippen LogP contribution is -2.34. The molecule has 1 rings (SSSR count). The molecule has 0 spiro atoms. The second-order valence-corrected chi connectivity index (χ2v) is 5.18. The van der Waals surface area contributed by atoms with Gasteiger partial charge >= 0.3 is 5.97 Å². The Labute approximate surface area is 99.9 Å². The fourth-order valence-electron chi connectivity index (χ4n) is 1.17. The summed E-state index contributed by atoms with van der Waals surface area (Å²) in [5, 5.41) is 12.1. The average molecular weight is 242 g/mol. The molecule has 0 amide bonds. The first-order valence-corrected chi connectivity index (χ1v) is 6.01. The molecule has 0 fully saturated rings. The van der Waals surface area contributed by atoms with Crippen molar-refractivity contribution in [2.45, 2.75) is 19.5 Å². The summed E-state index contributed by atoms with van der Waals surface area (Å²) in [5.74, 6) is -0.849. The van der Waals surface area contributed by atoms with Gasteiger partial charge in [0, 0.05) is 24.0 Å². The third-order valence-electron chi connectivity index (χ3n) is 2.49. The molecule has 2 N–H and O–H groups in total. The summed E-state index contributed by atoms with van der Waals surface area (Å²) in [6, 6.07) is 3.99. The van der Waals surface area contributed by atoms with Crippen LogP contribution >= 0.6 is 11.3 Å². The number of nitrogens with one attached hydrogen (secondary N) is 1. The van der Waals surface area contributed by atoms with Crippen molar-refractivity contribution in [3.05, 3.63) is 21.9 Å². The predicted molar refractivity (Wildman–Crippen MR) is 66.1 cm³/mol. The highest BCUT2D eigenvalue weighted by atomic mass is 32.1. The van der Waals surface area contributed by atoms with Gasteiger partial charge < -0.3 is 15.3 Å². The fraction of sp³-hybridized carbons (Fsp3) is 0.545. The third kappa shape index (κ3) is 3.92. The van der Waals surface area contributed by atoms with E-state index in [4.69, 9.17) is 5.11 Å². The highest BCUT2D eigenvalue weighted by Gasteiger charge is 2.07. The molecule has 1 aromatic rings. The number of carboxylic acid groups (broad SMARTS) is 1. The van der Waals surface area contributed by atoms with Crippen LogP contribution in [-0.2, 0) is 6.54 Å². The zero-order valence-corrected chi connectivity index (χ0v) is 10.7. The van der Waals surface area contributed by atoms with Gasteiger partial charge in [-0.2, -0.15) is 0 Å². The Morgan fingerprint density at radius 2 is 2.25 bits per heavy atom. The lowest BCUT2D eigenvalue weighted by Gasteiger charge is -2.19. The van der Waals surface area contributed by atoms with Gasteiger partial charge in [-0.05, 0) is 33.2 Å². The first-order chi connectivity index (χ1) is 7.50. The van der Waals surface area contributed by atoms with Crippen LogP contribution in [-0.4, -0.2) is 42.7 Å². The van der Waals surface area contributed by atoms with Crippen molar-refractivity contribution in [1.82, 2.24) is 10.2 Å². The van der Waals surface area contributed by atoms with Crippen molar-refractivity contribution in [2.75, 3.05) is 20.6 Å². The highest BCUT2D eigenvalue weighted by Crippen LogP contribution is 2.15. The Balaban J connectivity index is 2.35. The molecular weight excluding hydrogens is 224 g/mol. The van der Waals surface area contributed by atoms with E-state index in [9.17, 15) is 4.79 Å². The summed E-state index contributed by atoms with van der Waals surface area (Å²) in [6.45, 7) is 3.77. The highest BCUT2D eigenvalue weighted by molar-refractivity contribution is 7.13. The van der Waals surface area contributed by atoms with Crippen LogP contribution in [0.5, 0.6) is 0 Å². The van der Waals surface area contributed by atoms with Crippen LogP contribution in [0.2, 0.25) is 0 Å². The van der Waals surface area contributed by atoms with E-state index in [1.165, 1.54) is 11.3 Å². The molecule has 0 aliphatic carbocycles.